The number of benzene rings is 1. The predicted octanol–water partition coefficient (Wildman–Crippen LogP) is 2.14. The van der Waals surface area contributed by atoms with Crippen molar-refractivity contribution in [1.82, 2.24) is 9.80 Å². The Kier molecular flexibility index (Phi) is 6.23. The molecule has 1 aromatic rings. The van der Waals surface area contributed by atoms with Crippen LogP contribution in [0.1, 0.15) is 18.4 Å². The van der Waals surface area contributed by atoms with E-state index in [0.717, 1.165) is 6.08 Å². The molecule has 1 fully saturated rings. The average Bonchev–Trinajstić information content (AvgIpc) is 2.67. The summed E-state index contributed by atoms with van der Waals surface area (Å²) in [5.74, 6) is 0.533. The van der Waals surface area contributed by atoms with Gasteiger partial charge in [0.05, 0.1) is 20.8 Å². The molecule has 7 heteroatoms. The number of likely N-dealkylation sites (tertiary alicyclic amines) is 1. The summed E-state index contributed by atoms with van der Waals surface area (Å²) < 4.78 is 25.9. The Morgan fingerprint density at radius 2 is 1.77 bits per heavy atom. The summed E-state index contributed by atoms with van der Waals surface area (Å²) in [6.45, 7) is 3.92. The van der Waals surface area contributed by atoms with Crippen LogP contribution in [0.2, 0.25) is 0 Å². The zero-order chi connectivity index (χ0) is 19.3. The molecule has 2 amide bonds. The zero-order valence-electron chi connectivity index (χ0n) is 15.5. The average molecular weight is 364 g/mol. The molecule has 0 spiro atoms. The third-order valence-corrected chi connectivity index (χ3v) is 4.70. The summed E-state index contributed by atoms with van der Waals surface area (Å²) in [6, 6.07) is 5.02. The number of carbonyl (C=O) groups is 2. The predicted molar refractivity (Wildman–Crippen MR) is 96.0 cm³/mol. The van der Waals surface area contributed by atoms with E-state index in [1.165, 1.54) is 26.2 Å². The summed E-state index contributed by atoms with van der Waals surface area (Å²) in [5, 5.41) is 0. The standard InChI is InChI=1S/C19H25FN2O4/c1-5-17(23)21(2)13-18(24)22-8-6-19(20,7-9-22)14-10-15(25-3)12-16(11-14)26-4/h5,10-12H,1,6-9,13H2,2-4H3. The van der Waals surface area contributed by atoms with Crippen LogP contribution in [0.3, 0.4) is 0 Å². The van der Waals surface area contributed by atoms with Gasteiger partial charge in [-0.25, -0.2) is 4.39 Å². The van der Waals surface area contributed by atoms with E-state index in [1.807, 2.05) is 0 Å². The van der Waals surface area contributed by atoms with Crippen molar-refractivity contribution in [1.29, 1.82) is 0 Å². The topological polar surface area (TPSA) is 59.1 Å². The smallest absolute Gasteiger partial charge is 0.246 e. The molecule has 1 aliphatic heterocycles. The highest BCUT2D eigenvalue weighted by molar-refractivity contribution is 5.90. The highest BCUT2D eigenvalue weighted by Crippen LogP contribution is 2.40. The second kappa shape index (κ2) is 8.21. The quantitative estimate of drug-likeness (QED) is 0.726. The highest BCUT2D eigenvalue weighted by Gasteiger charge is 2.38. The summed E-state index contributed by atoms with van der Waals surface area (Å²) in [4.78, 5) is 26.7. The molecule has 1 aliphatic rings. The Labute approximate surface area is 153 Å². The molecule has 0 unspecified atom stereocenters. The van der Waals surface area contributed by atoms with Crippen molar-refractivity contribution in [3.8, 4) is 11.5 Å². The van der Waals surface area contributed by atoms with Crippen LogP contribution in [0.4, 0.5) is 4.39 Å². The fourth-order valence-electron chi connectivity index (χ4n) is 3.00. The Morgan fingerprint density at radius 1 is 1.23 bits per heavy atom. The number of methoxy groups -OCH3 is 2. The number of hydrogen-bond donors (Lipinski definition) is 0. The summed E-state index contributed by atoms with van der Waals surface area (Å²) in [5.41, 5.74) is -1.07. The molecule has 0 atom stereocenters. The van der Waals surface area contributed by atoms with Crippen LogP contribution in [0.5, 0.6) is 11.5 Å². The van der Waals surface area contributed by atoms with Gasteiger partial charge in [-0.05, 0) is 23.8 Å². The molecular weight excluding hydrogens is 339 g/mol. The van der Waals surface area contributed by atoms with E-state index in [0.29, 0.717) is 17.1 Å². The molecule has 0 radical (unpaired) electrons. The molecule has 0 aliphatic carbocycles. The summed E-state index contributed by atoms with van der Waals surface area (Å²) >= 11 is 0. The normalized spacial score (nSPS) is 15.9. The number of carbonyl (C=O) groups excluding carboxylic acids is 2. The molecule has 0 aromatic heterocycles. The van der Waals surface area contributed by atoms with Crippen LogP contribution >= 0.6 is 0 Å². The van der Waals surface area contributed by atoms with Crippen LogP contribution in [-0.4, -0.2) is 62.5 Å². The van der Waals surface area contributed by atoms with E-state index >= 15 is 4.39 Å². The van der Waals surface area contributed by atoms with E-state index in [4.69, 9.17) is 9.47 Å². The lowest BCUT2D eigenvalue weighted by Gasteiger charge is -2.37. The number of piperidine rings is 1. The monoisotopic (exact) mass is 364 g/mol. The molecule has 1 aromatic carbocycles. The van der Waals surface area contributed by atoms with Gasteiger partial charge in [-0.1, -0.05) is 6.58 Å². The number of likely N-dealkylation sites (N-methyl/N-ethyl adjacent to an activating group) is 1. The first-order valence-corrected chi connectivity index (χ1v) is 8.40. The number of nitrogens with zero attached hydrogens (tertiary/aromatic N) is 2. The van der Waals surface area contributed by atoms with Gasteiger partial charge in [0.15, 0.2) is 0 Å². The van der Waals surface area contributed by atoms with Crippen molar-refractivity contribution in [2.45, 2.75) is 18.5 Å². The lowest BCUT2D eigenvalue weighted by Crippen LogP contribution is -2.47. The van der Waals surface area contributed by atoms with E-state index in [-0.39, 0.29) is 44.3 Å². The minimum absolute atomic E-state index is 0.0445. The Balaban J connectivity index is 2.05. The van der Waals surface area contributed by atoms with Crippen LogP contribution in [0, 0.1) is 0 Å². The maximum Gasteiger partial charge on any atom is 0.246 e. The van der Waals surface area contributed by atoms with E-state index in [1.54, 1.807) is 23.1 Å². The van der Waals surface area contributed by atoms with Gasteiger partial charge in [0.1, 0.15) is 17.2 Å². The van der Waals surface area contributed by atoms with Gasteiger partial charge in [0.25, 0.3) is 0 Å². The van der Waals surface area contributed by atoms with Crippen molar-refractivity contribution in [3.63, 3.8) is 0 Å². The second-order valence-corrected chi connectivity index (χ2v) is 6.35. The van der Waals surface area contributed by atoms with Gasteiger partial charge < -0.3 is 19.3 Å². The molecule has 2 rings (SSSR count). The van der Waals surface area contributed by atoms with E-state index in [9.17, 15) is 9.59 Å². The first-order chi connectivity index (χ1) is 12.3. The molecule has 0 N–H and O–H groups in total. The lowest BCUT2D eigenvalue weighted by molar-refractivity contribution is -0.139. The Morgan fingerprint density at radius 3 is 2.23 bits per heavy atom. The van der Waals surface area contributed by atoms with Gasteiger partial charge in [-0.3, -0.25) is 9.59 Å². The number of hydrogen-bond acceptors (Lipinski definition) is 4. The minimum Gasteiger partial charge on any atom is -0.497 e. The number of halogens is 1. The van der Waals surface area contributed by atoms with Crippen LogP contribution in [0.25, 0.3) is 0 Å². The number of amides is 2. The van der Waals surface area contributed by atoms with Gasteiger partial charge in [-0.15, -0.1) is 0 Å². The maximum atomic E-state index is 15.5. The Bertz CT molecular complexity index is 662. The van der Waals surface area contributed by atoms with Crippen molar-refractivity contribution < 1.29 is 23.5 Å². The molecule has 0 saturated carbocycles. The third kappa shape index (κ3) is 4.33. The van der Waals surface area contributed by atoms with E-state index < -0.39 is 5.67 Å². The van der Waals surface area contributed by atoms with Crippen molar-refractivity contribution in [3.05, 3.63) is 36.4 Å². The molecule has 142 valence electrons. The third-order valence-electron chi connectivity index (χ3n) is 4.70. The molecule has 1 heterocycles. The van der Waals surface area contributed by atoms with Crippen LogP contribution in [-0.2, 0) is 15.3 Å². The summed E-state index contributed by atoms with van der Waals surface area (Å²) in [6.07, 6.45) is 1.51. The number of ether oxygens (including phenoxy) is 2. The van der Waals surface area contributed by atoms with Gasteiger partial charge >= 0.3 is 0 Å². The molecular formula is C19H25FN2O4. The minimum atomic E-state index is -1.55. The van der Waals surface area contributed by atoms with Gasteiger partial charge in [-0.2, -0.15) is 0 Å². The first-order valence-electron chi connectivity index (χ1n) is 8.40. The summed E-state index contributed by atoms with van der Waals surface area (Å²) in [7, 11) is 4.57. The molecule has 6 nitrogen and oxygen atoms in total. The fraction of sp³-hybridized carbons (Fsp3) is 0.474. The van der Waals surface area contributed by atoms with Crippen molar-refractivity contribution >= 4 is 11.8 Å². The number of alkyl halides is 1. The van der Waals surface area contributed by atoms with Crippen LogP contribution < -0.4 is 9.47 Å². The highest BCUT2D eigenvalue weighted by atomic mass is 19.1. The zero-order valence-corrected chi connectivity index (χ0v) is 15.5. The lowest BCUT2D eigenvalue weighted by atomic mass is 9.86. The van der Waals surface area contributed by atoms with Gasteiger partial charge in [0.2, 0.25) is 11.8 Å². The SMILES string of the molecule is C=CC(=O)N(C)CC(=O)N1CCC(F)(c2cc(OC)cc(OC)c2)CC1. The largest absolute Gasteiger partial charge is 0.497 e. The maximum absolute atomic E-state index is 15.5. The second-order valence-electron chi connectivity index (χ2n) is 6.35. The Hall–Kier alpha value is -2.57. The molecule has 0 bridgehead atoms. The van der Waals surface area contributed by atoms with Gasteiger partial charge in [0, 0.05) is 39.0 Å². The first kappa shape index (κ1) is 19.8. The molecule has 26 heavy (non-hydrogen) atoms. The van der Waals surface area contributed by atoms with Crippen molar-refractivity contribution in [2.24, 2.45) is 0 Å². The molecule has 1 saturated heterocycles. The number of rotatable bonds is 6. The fourth-order valence-corrected chi connectivity index (χ4v) is 3.00. The van der Waals surface area contributed by atoms with E-state index in [2.05, 4.69) is 6.58 Å². The van der Waals surface area contributed by atoms with Crippen LogP contribution in [0.15, 0.2) is 30.9 Å². The van der Waals surface area contributed by atoms with Crippen molar-refractivity contribution in [2.75, 3.05) is 40.9 Å².